The highest BCUT2D eigenvalue weighted by atomic mass is 35.5. The first-order valence-corrected chi connectivity index (χ1v) is 6.05. The second-order valence-electron chi connectivity index (χ2n) is 3.93. The maximum atomic E-state index is 11.9. The standard InChI is InChI=1S/C11H8Cl3NO2/c12-6-1-2-8(7(13)5-6)15-10(17)11(3-4-11)9(14)16/h1-2,5H,3-4H2,(H,15,17). The van der Waals surface area contributed by atoms with Crippen LogP contribution in [0.4, 0.5) is 5.69 Å². The summed E-state index contributed by atoms with van der Waals surface area (Å²) < 4.78 is 0. The van der Waals surface area contributed by atoms with Gasteiger partial charge in [-0.15, -0.1) is 0 Å². The van der Waals surface area contributed by atoms with E-state index in [-0.39, 0.29) is 0 Å². The van der Waals surface area contributed by atoms with Crippen LogP contribution in [0.5, 0.6) is 0 Å². The lowest BCUT2D eigenvalue weighted by Gasteiger charge is -2.12. The lowest BCUT2D eigenvalue weighted by atomic mass is 10.1. The van der Waals surface area contributed by atoms with Crippen LogP contribution in [0.3, 0.4) is 0 Å². The molecule has 0 radical (unpaired) electrons. The molecule has 2 rings (SSSR count). The molecule has 90 valence electrons. The molecule has 1 aromatic rings. The van der Waals surface area contributed by atoms with Gasteiger partial charge in [-0.05, 0) is 42.6 Å². The predicted molar refractivity (Wildman–Crippen MR) is 67.6 cm³/mol. The van der Waals surface area contributed by atoms with E-state index in [4.69, 9.17) is 34.8 Å². The summed E-state index contributed by atoms with van der Waals surface area (Å²) in [7, 11) is 0. The zero-order valence-electron chi connectivity index (χ0n) is 8.60. The largest absolute Gasteiger partial charge is 0.324 e. The highest BCUT2D eigenvalue weighted by Gasteiger charge is 2.55. The minimum atomic E-state index is -1.06. The van der Waals surface area contributed by atoms with E-state index < -0.39 is 16.6 Å². The molecule has 0 atom stereocenters. The van der Waals surface area contributed by atoms with E-state index in [2.05, 4.69) is 5.32 Å². The Bertz CT molecular complexity index is 497. The van der Waals surface area contributed by atoms with Crippen molar-refractivity contribution < 1.29 is 9.59 Å². The molecule has 1 amide bonds. The monoisotopic (exact) mass is 291 g/mol. The first-order valence-electron chi connectivity index (χ1n) is 4.92. The second kappa shape index (κ2) is 4.48. The average Bonchev–Trinajstić information content (AvgIpc) is 3.02. The molecule has 1 aromatic carbocycles. The number of hydrogen-bond donors (Lipinski definition) is 1. The molecule has 3 nitrogen and oxygen atoms in total. The Kier molecular flexibility index (Phi) is 3.34. The predicted octanol–water partition coefficient (Wildman–Crippen LogP) is 3.48. The van der Waals surface area contributed by atoms with Crippen molar-refractivity contribution in [1.82, 2.24) is 0 Å². The summed E-state index contributed by atoms with van der Waals surface area (Å²) in [6.07, 6.45) is 0.957. The van der Waals surface area contributed by atoms with Crippen molar-refractivity contribution in [2.45, 2.75) is 12.8 Å². The quantitative estimate of drug-likeness (QED) is 0.685. The van der Waals surface area contributed by atoms with Gasteiger partial charge in [-0.25, -0.2) is 0 Å². The van der Waals surface area contributed by atoms with Gasteiger partial charge < -0.3 is 5.32 Å². The smallest absolute Gasteiger partial charge is 0.239 e. The van der Waals surface area contributed by atoms with Crippen LogP contribution in [0.25, 0.3) is 0 Å². The second-order valence-corrected chi connectivity index (χ2v) is 5.12. The van der Waals surface area contributed by atoms with E-state index in [0.717, 1.165) is 0 Å². The fraction of sp³-hybridized carbons (Fsp3) is 0.273. The Morgan fingerprint density at radius 1 is 1.24 bits per heavy atom. The fourth-order valence-corrected chi connectivity index (χ4v) is 2.20. The molecular formula is C11H8Cl3NO2. The maximum Gasteiger partial charge on any atom is 0.239 e. The molecule has 0 aromatic heterocycles. The minimum Gasteiger partial charge on any atom is -0.324 e. The Labute approximate surface area is 113 Å². The summed E-state index contributed by atoms with van der Waals surface area (Å²) in [6.45, 7) is 0. The highest BCUT2D eigenvalue weighted by molar-refractivity contribution is 6.67. The average molecular weight is 293 g/mol. The van der Waals surface area contributed by atoms with Crippen LogP contribution in [0.15, 0.2) is 18.2 Å². The Hall–Kier alpha value is -0.770. The number of halogens is 3. The number of carbonyl (C=O) groups is 2. The van der Waals surface area contributed by atoms with Crippen LogP contribution >= 0.6 is 34.8 Å². The van der Waals surface area contributed by atoms with Crippen LogP contribution in [-0.2, 0) is 9.59 Å². The van der Waals surface area contributed by atoms with Crippen molar-refractivity contribution in [3.63, 3.8) is 0 Å². The summed E-state index contributed by atoms with van der Waals surface area (Å²) in [5.41, 5.74) is -0.643. The summed E-state index contributed by atoms with van der Waals surface area (Å²) in [5.74, 6) is -0.415. The van der Waals surface area contributed by atoms with Gasteiger partial charge in [0.25, 0.3) is 0 Å². The van der Waals surface area contributed by atoms with Gasteiger partial charge in [-0.1, -0.05) is 23.2 Å². The van der Waals surface area contributed by atoms with Gasteiger partial charge in [-0.3, -0.25) is 9.59 Å². The van der Waals surface area contributed by atoms with Crippen LogP contribution in [0, 0.1) is 5.41 Å². The summed E-state index contributed by atoms with van der Waals surface area (Å²) in [5, 5.41) is 2.76. The summed E-state index contributed by atoms with van der Waals surface area (Å²) in [4.78, 5) is 23.0. The van der Waals surface area contributed by atoms with Gasteiger partial charge in [-0.2, -0.15) is 0 Å². The molecule has 0 spiro atoms. The fourth-order valence-electron chi connectivity index (χ4n) is 1.47. The van der Waals surface area contributed by atoms with Gasteiger partial charge in [0.2, 0.25) is 11.1 Å². The molecule has 17 heavy (non-hydrogen) atoms. The van der Waals surface area contributed by atoms with E-state index in [1.54, 1.807) is 12.1 Å². The van der Waals surface area contributed by atoms with Crippen molar-refractivity contribution in [1.29, 1.82) is 0 Å². The Morgan fingerprint density at radius 3 is 2.35 bits per heavy atom. The molecule has 0 saturated heterocycles. The molecule has 1 fully saturated rings. The van der Waals surface area contributed by atoms with Crippen LogP contribution < -0.4 is 5.32 Å². The van der Waals surface area contributed by atoms with Crippen LogP contribution in [-0.4, -0.2) is 11.1 Å². The van der Waals surface area contributed by atoms with E-state index in [1.807, 2.05) is 0 Å². The van der Waals surface area contributed by atoms with Gasteiger partial charge in [0, 0.05) is 5.02 Å². The first-order chi connectivity index (χ1) is 7.95. The molecule has 6 heteroatoms. The number of hydrogen-bond acceptors (Lipinski definition) is 2. The van der Waals surface area contributed by atoms with Gasteiger partial charge in [0.15, 0.2) is 0 Å². The van der Waals surface area contributed by atoms with Crippen molar-refractivity contribution in [2.75, 3.05) is 5.32 Å². The third kappa shape index (κ3) is 2.41. The number of carbonyl (C=O) groups excluding carboxylic acids is 2. The molecule has 0 aliphatic heterocycles. The normalized spacial score (nSPS) is 16.4. The maximum absolute atomic E-state index is 11.9. The van der Waals surface area contributed by atoms with Gasteiger partial charge in [0.05, 0.1) is 10.7 Å². The van der Waals surface area contributed by atoms with Crippen molar-refractivity contribution >= 4 is 51.6 Å². The van der Waals surface area contributed by atoms with E-state index in [9.17, 15) is 9.59 Å². The number of anilines is 1. The molecular weight excluding hydrogens is 284 g/mol. The van der Waals surface area contributed by atoms with E-state index in [1.165, 1.54) is 6.07 Å². The van der Waals surface area contributed by atoms with E-state index >= 15 is 0 Å². The molecule has 0 unspecified atom stereocenters. The zero-order valence-corrected chi connectivity index (χ0v) is 10.9. The molecule has 0 bridgehead atoms. The first kappa shape index (κ1) is 12.7. The summed E-state index contributed by atoms with van der Waals surface area (Å²) >= 11 is 17.0. The molecule has 1 saturated carbocycles. The van der Waals surface area contributed by atoms with Crippen molar-refractivity contribution in [3.8, 4) is 0 Å². The Morgan fingerprint density at radius 2 is 1.88 bits per heavy atom. The highest BCUT2D eigenvalue weighted by Crippen LogP contribution is 2.48. The van der Waals surface area contributed by atoms with Crippen LogP contribution in [0.2, 0.25) is 10.0 Å². The number of benzene rings is 1. The topological polar surface area (TPSA) is 46.2 Å². The third-order valence-corrected chi connectivity index (χ3v) is 3.65. The number of amides is 1. The van der Waals surface area contributed by atoms with Gasteiger partial charge >= 0.3 is 0 Å². The molecule has 1 aliphatic rings. The van der Waals surface area contributed by atoms with Crippen LogP contribution in [0.1, 0.15) is 12.8 Å². The zero-order chi connectivity index (χ0) is 12.6. The minimum absolute atomic E-state index is 0.323. The van der Waals surface area contributed by atoms with Crippen molar-refractivity contribution in [3.05, 3.63) is 28.2 Å². The number of rotatable bonds is 3. The van der Waals surface area contributed by atoms with Gasteiger partial charge in [0.1, 0.15) is 5.41 Å². The van der Waals surface area contributed by atoms with E-state index in [0.29, 0.717) is 28.6 Å². The molecule has 1 N–H and O–H groups in total. The Balaban J connectivity index is 2.17. The third-order valence-electron chi connectivity index (χ3n) is 2.74. The van der Waals surface area contributed by atoms with Crippen molar-refractivity contribution in [2.24, 2.45) is 5.41 Å². The molecule has 0 heterocycles. The SMILES string of the molecule is O=C(Cl)C1(C(=O)Nc2ccc(Cl)cc2Cl)CC1. The number of nitrogens with one attached hydrogen (secondary N) is 1. The summed E-state index contributed by atoms with van der Waals surface area (Å²) in [6, 6.07) is 4.70. The lowest BCUT2D eigenvalue weighted by Crippen LogP contribution is -2.28. The molecule has 1 aliphatic carbocycles. The lowest BCUT2D eigenvalue weighted by molar-refractivity contribution is -0.128.